The zero-order chi connectivity index (χ0) is 17.8. The standard InChI is InChI=1S/C18H23N5O3/c1-13-20-17(19-4-5-23-6-8-24-9-7-23)11-18(21-13)22-14-2-3-15-16(10-14)26-12-25-15/h2-3,10-11H,4-9,12H2,1H3,(H2,19,20,21,22). The number of benzene rings is 1. The van der Waals surface area contributed by atoms with Crippen LogP contribution >= 0.6 is 0 Å². The molecule has 0 unspecified atom stereocenters. The molecule has 4 rings (SSSR count). The number of hydrogen-bond donors (Lipinski definition) is 2. The molecule has 1 aromatic carbocycles. The Balaban J connectivity index is 1.37. The molecule has 2 aliphatic heterocycles. The topological polar surface area (TPSA) is 80.8 Å². The van der Waals surface area contributed by atoms with Gasteiger partial charge in [0, 0.05) is 44.0 Å². The Morgan fingerprint density at radius 3 is 2.73 bits per heavy atom. The molecular weight excluding hydrogens is 334 g/mol. The third kappa shape index (κ3) is 4.14. The van der Waals surface area contributed by atoms with E-state index in [0.717, 1.165) is 68.2 Å². The summed E-state index contributed by atoms with van der Waals surface area (Å²) in [5.74, 6) is 3.77. The van der Waals surface area contributed by atoms with E-state index in [1.54, 1.807) is 0 Å². The monoisotopic (exact) mass is 357 g/mol. The van der Waals surface area contributed by atoms with Crippen LogP contribution in [0.4, 0.5) is 17.3 Å². The molecule has 2 aromatic rings. The number of anilines is 3. The Labute approximate surface area is 152 Å². The van der Waals surface area contributed by atoms with E-state index >= 15 is 0 Å². The van der Waals surface area contributed by atoms with Gasteiger partial charge in [0.15, 0.2) is 11.5 Å². The summed E-state index contributed by atoms with van der Waals surface area (Å²) in [4.78, 5) is 11.3. The predicted molar refractivity (Wildman–Crippen MR) is 98.4 cm³/mol. The quantitative estimate of drug-likeness (QED) is 0.813. The predicted octanol–water partition coefficient (Wildman–Crippen LogP) is 2.00. The molecule has 138 valence electrons. The summed E-state index contributed by atoms with van der Waals surface area (Å²) in [7, 11) is 0. The first-order chi connectivity index (χ1) is 12.8. The van der Waals surface area contributed by atoms with E-state index in [9.17, 15) is 0 Å². The number of aryl methyl sites for hydroxylation is 1. The zero-order valence-electron chi connectivity index (χ0n) is 14.8. The van der Waals surface area contributed by atoms with Crippen LogP contribution < -0.4 is 20.1 Å². The van der Waals surface area contributed by atoms with Gasteiger partial charge in [-0.3, -0.25) is 4.90 Å². The van der Waals surface area contributed by atoms with E-state index in [0.29, 0.717) is 5.82 Å². The van der Waals surface area contributed by atoms with E-state index in [-0.39, 0.29) is 6.79 Å². The van der Waals surface area contributed by atoms with Crippen LogP contribution in [0.5, 0.6) is 11.5 Å². The number of rotatable bonds is 6. The molecular formula is C18H23N5O3. The normalized spacial score (nSPS) is 16.5. The lowest BCUT2D eigenvalue weighted by molar-refractivity contribution is 0.0398. The molecule has 0 saturated carbocycles. The summed E-state index contributed by atoms with van der Waals surface area (Å²) in [6.07, 6.45) is 0. The molecule has 26 heavy (non-hydrogen) atoms. The van der Waals surface area contributed by atoms with Crippen molar-refractivity contribution in [3.8, 4) is 11.5 Å². The van der Waals surface area contributed by atoms with Gasteiger partial charge >= 0.3 is 0 Å². The molecule has 8 nitrogen and oxygen atoms in total. The molecule has 0 amide bonds. The number of nitrogens with one attached hydrogen (secondary N) is 2. The highest BCUT2D eigenvalue weighted by Gasteiger charge is 2.14. The van der Waals surface area contributed by atoms with E-state index in [1.165, 1.54) is 0 Å². The second-order valence-corrected chi connectivity index (χ2v) is 6.26. The fourth-order valence-electron chi connectivity index (χ4n) is 3.01. The van der Waals surface area contributed by atoms with Gasteiger partial charge in [-0.1, -0.05) is 0 Å². The first-order valence-electron chi connectivity index (χ1n) is 8.82. The van der Waals surface area contributed by atoms with Gasteiger partial charge < -0.3 is 24.8 Å². The average Bonchev–Trinajstić information content (AvgIpc) is 3.10. The van der Waals surface area contributed by atoms with Crippen LogP contribution in [-0.4, -0.2) is 61.1 Å². The van der Waals surface area contributed by atoms with E-state index in [1.807, 2.05) is 31.2 Å². The SMILES string of the molecule is Cc1nc(NCCN2CCOCC2)cc(Nc2ccc3c(c2)OCO3)n1. The summed E-state index contributed by atoms with van der Waals surface area (Å²) in [6, 6.07) is 7.65. The van der Waals surface area contributed by atoms with Gasteiger partial charge in [-0.2, -0.15) is 0 Å². The van der Waals surface area contributed by atoms with Crippen molar-refractivity contribution in [2.75, 3.05) is 56.8 Å². The molecule has 1 saturated heterocycles. The maximum absolute atomic E-state index is 5.41. The minimum Gasteiger partial charge on any atom is -0.454 e. The average molecular weight is 357 g/mol. The van der Waals surface area contributed by atoms with Crippen molar-refractivity contribution < 1.29 is 14.2 Å². The van der Waals surface area contributed by atoms with E-state index in [2.05, 4.69) is 25.5 Å². The second-order valence-electron chi connectivity index (χ2n) is 6.26. The Bertz CT molecular complexity index is 764. The fourth-order valence-corrected chi connectivity index (χ4v) is 3.01. The summed E-state index contributed by atoms with van der Waals surface area (Å²) in [5, 5.41) is 6.68. The number of nitrogens with zero attached hydrogens (tertiary/aromatic N) is 3. The van der Waals surface area contributed by atoms with Gasteiger partial charge in [-0.25, -0.2) is 9.97 Å². The van der Waals surface area contributed by atoms with Crippen LogP contribution in [-0.2, 0) is 4.74 Å². The number of ether oxygens (including phenoxy) is 3. The van der Waals surface area contributed by atoms with Gasteiger partial charge in [0.05, 0.1) is 13.2 Å². The molecule has 2 N–H and O–H groups in total. The summed E-state index contributed by atoms with van der Waals surface area (Å²) in [6.45, 7) is 7.56. The largest absolute Gasteiger partial charge is 0.454 e. The fraction of sp³-hybridized carbons (Fsp3) is 0.444. The van der Waals surface area contributed by atoms with Crippen molar-refractivity contribution in [3.63, 3.8) is 0 Å². The maximum Gasteiger partial charge on any atom is 0.231 e. The van der Waals surface area contributed by atoms with Gasteiger partial charge in [0.25, 0.3) is 0 Å². The number of aromatic nitrogens is 2. The molecule has 2 aliphatic rings. The van der Waals surface area contributed by atoms with Crippen molar-refractivity contribution in [1.29, 1.82) is 0 Å². The van der Waals surface area contributed by atoms with Gasteiger partial charge in [0.2, 0.25) is 6.79 Å². The van der Waals surface area contributed by atoms with E-state index in [4.69, 9.17) is 14.2 Å². The minimum atomic E-state index is 0.266. The van der Waals surface area contributed by atoms with Crippen LogP contribution in [0.1, 0.15) is 5.82 Å². The summed E-state index contributed by atoms with van der Waals surface area (Å²) >= 11 is 0. The smallest absolute Gasteiger partial charge is 0.231 e. The van der Waals surface area contributed by atoms with Crippen molar-refractivity contribution in [2.24, 2.45) is 0 Å². The molecule has 0 atom stereocenters. The van der Waals surface area contributed by atoms with Crippen LogP contribution in [0.2, 0.25) is 0 Å². The van der Waals surface area contributed by atoms with E-state index < -0.39 is 0 Å². The highest BCUT2D eigenvalue weighted by atomic mass is 16.7. The molecule has 0 spiro atoms. The van der Waals surface area contributed by atoms with Crippen molar-refractivity contribution in [2.45, 2.75) is 6.92 Å². The third-order valence-electron chi connectivity index (χ3n) is 4.32. The summed E-state index contributed by atoms with van der Waals surface area (Å²) < 4.78 is 16.1. The lowest BCUT2D eigenvalue weighted by atomic mass is 10.3. The maximum atomic E-state index is 5.41. The summed E-state index contributed by atoms with van der Waals surface area (Å²) in [5.41, 5.74) is 0.895. The molecule has 1 fully saturated rings. The van der Waals surface area contributed by atoms with Crippen LogP contribution in [0.25, 0.3) is 0 Å². The van der Waals surface area contributed by atoms with Crippen molar-refractivity contribution in [1.82, 2.24) is 14.9 Å². The number of morpholine rings is 1. The second kappa shape index (κ2) is 7.76. The molecule has 1 aromatic heterocycles. The molecule has 0 radical (unpaired) electrons. The lowest BCUT2D eigenvalue weighted by Gasteiger charge is -2.26. The first-order valence-corrected chi connectivity index (χ1v) is 8.82. The Morgan fingerprint density at radius 2 is 1.85 bits per heavy atom. The Kier molecular flexibility index (Phi) is 5.03. The zero-order valence-corrected chi connectivity index (χ0v) is 14.8. The highest BCUT2D eigenvalue weighted by Crippen LogP contribution is 2.35. The van der Waals surface area contributed by atoms with Gasteiger partial charge in [-0.15, -0.1) is 0 Å². The highest BCUT2D eigenvalue weighted by molar-refractivity contribution is 5.63. The minimum absolute atomic E-state index is 0.266. The molecule has 3 heterocycles. The number of fused-ring (bicyclic) bond motifs is 1. The van der Waals surface area contributed by atoms with Crippen LogP contribution in [0, 0.1) is 6.92 Å². The van der Waals surface area contributed by atoms with Crippen molar-refractivity contribution >= 4 is 17.3 Å². The van der Waals surface area contributed by atoms with Crippen molar-refractivity contribution in [3.05, 3.63) is 30.1 Å². The van der Waals surface area contributed by atoms with Gasteiger partial charge in [-0.05, 0) is 19.1 Å². The molecule has 8 heteroatoms. The number of hydrogen-bond acceptors (Lipinski definition) is 8. The van der Waals surface area contributed by atoms with Gasteiger partial charge in [0.1, 0.15) is 17.5 Å². The first kappa shape index (κ1) is 16.9. The molecule has 0 aliphatic carbocycles. The third-order valence-corrected chi connectivity index (χ3v) is 4.32. The lowest BCUT2D eigenvalue weighted by Crippen LogP contribution is -2.39. The Hall–Kier alpha value is -2.58. The van der Waals surface area contributed by atoms with Crippen LogP contribution in [0.15, 0.2) is 24.3 Å². The molecule has 0 bridgehead atoms. The van der Waals surface area contributed by atoms with Crippen LogP contribution in [0.3, 0.4) is 0 Å². The Morgan fingerprint density at radius 1 is 1.04 bits per heavy atom.